The molecule has 0 fully saturated rings. The average Bonchev–Trinajstić information content (AvgIpc) is 2.75. The topological polar surface area (TPSA) is 53.7 Å². The van der Waals surface area contributed by atoms with Crippen molar-refractivity contribution < 1.29 is 14.3 Å². The van der Waals surface area contributed by atoms with Crippen LogP contribution < -0.4 is 0 Å². The smallest absolute Gasteiger partial charge is 0.289 e. The zero-order chi connectivity index (χ0) is 12.8. The minimum atomic E-state index is -0.138. The highest BCUT2D eigenvalue weighted by molar-refractivity contribution is 5.91. The van der Waals surface area contributed by atoms with Crippen molar-refractivity contribution in [3.05, 3.63) is 23.7 Å². The fraction of sp³-hybridized carbons (Fsp3) is 0.615. The maximum Gasteiger partial charge on any atom is 0.289 e. The number of hydrogen-bond acceptors (Lipinski definition) is 3. The van der Waals surface area contributed by atoms with Crippen LogP contribution in [0.25, 0.3) is 0 Å². The third-order valence-electron chi connectivity index (χ3n) is 2.94. The van der Waals surface area contributed by atoms with E-state index >= 15 is 0 Å². The number of rotatable bonds is 6. The molecule has 0 radical (unpaired) electrons. The van der Waals surface area contributed by atoms with Crippen molar-refractivity contribution in [2.45, 2.75) is 39.7 Å². The van der Waals surface area contributed by atoms with Crippen LogP contribution in [0.1, 0.15) is 43.0 Å². The maximum atomic E-state index is 12.2. The first kappa shape index (κ1) is 13.8. The van der Waals surface area contributed by atoms with Crippen molar-refractivity contribution >= 4 is 5.91 Å². The van der Waals surface area contributed by atoms with Crippen LogP contribution >= 0.6 is 0 Å². The lowest BCUT2D eigenvalue weighted by Gasteiger charge is -2.29. The summed E-state index contributed by atoms with van der Waals surface area (Å²) < 4.78 is 5.34. The van der Waals surface area contributed by atoms with Gasteiger partial charge in [0.1, 0.15) is 5.76 Å². The Bertz CT molecular complexity index is 355. The van der Waals surface area contributed by atoms with Crippen molar-refractivity contribution in [1.29, 1.82) is 0 Å². The number of amides is 1. The van der Waals surface area contributed by atoms with Gasteiger partial charge in [0, 0.05) is 12.6 Å². The lowest BCUT2D eigenvalue weighted by Crippen LogP contribution is -2.41. The summed E-state index contributed by atoms with van der Waals surface area (Å²) in [6, 6.07) is 3.61. The highest BCUT2D eigenvalue weighted by Gasteiger charge is 2.23. The molecule has 0 aliphatic carbocycles. The molecule has 4 nitrogen and oxygen atoms in total. The van der Waals surface area contributed by atoms with Crippen LogP contribution in [0.3, 0.4) is 0 Å². The van der Waals surface area contributed by atoms with Crippen LogP contribution in [-0.4, -0.2) is 35.1 Å². The Kier molecular flexibility index (Phi) is 5.22. The first-order valence-corrected chi connectivity index (χ1v) is 6.12. The molecule has 1 heterocycles. The van der Waals surface area contributed by atoms with E-state index in [1.165, 1.54) is 0 Å². The second-order valence-electron chi connectivity index (χ2n) is 4.10. The molecular weight excluding hydrogens is 218 g/mol. The third kappa shape index (κ3) is 3.33. The summed E-state index contributed by atoms with van der Waals surface area (Å²) in [6.45, 7) is 6.22. The largest absolute Gasteiger partial charge is 0.456 e. The molecular formula is C13H21NO3. The van der Waals surface area contributed by atoms with E-state index < -0.39 is 0 Å². The maximum absolute atomic E-state index is 12.2. The minimum Gasteiger partial charge on any atom is -0.456 e. The van der Waals surface area contributed by atoms with Crippen LogP contribution in [-0.2, 0) is 0 Å². The molecule has 0 saturated heterocycles. The molecule has 0 aliphatic heterocycles. The number of aryl methyl sites for hydroxylation is 1. The summed E-state index contributed by atoms with van der Waals surface area (Å²) in [5, 5.41) is 9.05. The first-order chi connectivity index (χ1) is 8.13. The van der Waals surface area contributed by atoms with Crippen molar-refractivity contribution in [1.82, 2.24) is 4.90 Å². The Hall–Kier alpha value is -1.29. The van der Waals surface area contributed by atoms with Gasteiger partial charge in [-0.1, -0.05) is 13.8 Å². The predicted molar refractivity (Wildman–Crippen MR) is 65.9 cm³/mol. The standard InChI is InChI=1S/C13H21NO3/c1-4-11(5-2)14(8-9-15)13(16)12-7-6-10(3)17-12/h6-7,11,15H,4-5,8-9H2,1-3H3. The van der Waals surface area contributed by atoms with E-state index in [0.717, 1.165) is 18.6 Å². The molecule has 96 valence electrons. The highest BCUT2D eigenvalue weighted by atomic mass is 16.3. The van der Waals surface area contributed by atoms with Crippen LogP contribution in [0.2, 0.25) is 0 Å². The fourth-order valence-electron chi connectivity index (χ4n) is 1.98. The van der Waals surface area contributed by atoms with Gasteiger partial charge in [0.2, 0.25) is 0 Å². The first-order valence-electron chi connectivity index (χ1n) is 6.12. The SMILES string of the molecule is CCC(CC)N(CCO)C(=O)c1ccc(C)o1. The fourth-order valence-corrected chi connectivity index (χ4v) is 1.98. The van der Waals surface area contributed by atoms with Crippen LogP contribution in [0.4, 0.5) is 0 Å². The second kappa shape index (κ2) is 6.45. The molecule has 0 spiro atoms. The van der Waals surface area contributed by atoms with Gasteiger partial charge in [-0.15, -0.1) is 0 Å². The van der Waals surface area contributed by atoms with E-state index in [1.807, 2.05) is 20.8 Å². The van der Waals surface area contributed by atoms with Crippen LogP contribution in [0, 0.1) is 6.92 Å². The molecule has 0 unspecified atom stereocenters. The van der Waals surface area contributed by atoms with Gasteiger partial charge in [0.15, 0.2) is 5.76 Å². The van der Waals surface area contributed by atoms with E-state index in [0.29, 0.717) is 12.3 Å². The monoisotopic (exact) mass is 239 g/mol. The summed E-state index contributed by atoms with van der Waals surface area (Å²) in [7, 11) is 0. The zero-order valence-corrected chi connectivity index (χ0v) is 10.8. The zero-order valence-electron chi connectivity index (χ0n) is 10.8. The van der Waals surface area contributed by atoms with E-state index in [1.54, 1.807) is 17.0 Å². The Labute approximate surface area is 102 Å². The molecule has 0 aliphatic rings. The summed E-state index contributed by atoms with van der Waals surface area (Å²) in [5.41, 5.74) is 0. The van der Waals surface area contributed by atoms with E-state index in [9.17, 15) is 4.79 Å². The van der Waals surface area contributed by atoms with Gasteiger partial charge in [-0.05, 0) is 31.9 Å². The number of aliphatic hydroxyl groups is 1. The number of carbonyl (C=O) groups is 1. The second-order valence-corrected chi connectivity index (χ2v) is 4.10. The Morgan fingerprint density at radius 3 is 2.47 bits per heavy atom. The van der Waals surface area contributed by atoms with Gasteiger partial charge in [-0.25, -0.2) is 0 Å². The molecule has 1 aromatic rings. The predicted octanol–water partition coefficient (Wildman–Crippen LogP) is 2.21. The number of aliphatic hydroxyl groups excluding tert-OH is 1. The third-order valence-corrected chi connectivity index (χ3v) is 2.94. The Morgan fingerprint density at radius 2 is 2.06 bits per heavy atom. The Balaban J connectivity index is 2.86. The lowest BCUT2D eigenvalue weighted by molar-refractivity contribution is 0.0589. The summed E-state index contributed by atoms with van der Waals surface area (Å²) in [4.78, 5) is 13.9. The van der Waals surface area contributed by atoms with Crippen LogP contribution in [0.15, 0.2) is 16.5 Å². The molecule has 0 saturated carbocycles. The summed E-state index contributed by atoms with van der Waals surface area (Å²) >= 11 is 0. The van der Waals surface area contributed by atoms with Crippen molar-refractivity contribution in [3.63, 3.8) is 0 Å². The van der Waals surface area contributed by atoms with E-state index in [-0.39, 0.29) is 18.6 Å². The molecule has 0 aromatic carbocycles. The van der Waals surface area contributed by atoms with E-state index in [4.69, 9.17) is 9.52 Å². The average molecular weight is 239 g/mol. The number of carbonyl (C=O) groups excluding carboxylic acids is 1. The van der Waals surface area contributed by atoms with Gasteiger partial charge in [-0.2, -0.15) is 0 Å². The number of nitrogens with zero attached hydrogens (tertiary/aromatic N) is 1. The van der Waals surface area contributed by atoms with Crippen molar-refractivity contribution in [3.8, 4) is 0 Å². The number of hydrogen-bond donors (Lipinski definition) is 1. The van der Waals surface area contributed by atoms with E-state index in [2.05, 4.69) is 0 Å². The quantitative estimate of drug-likeness (QED) is 0.828. The van der Waals surface area contributed by atoms with Crippen molar-refractivity contribution in [2.24, 2.45) is 0 Å². The van der Waals surface area contributed by atoms with Gasteiger partial charge < -0.3 is 14.4 Å². The Morgan fingerprint density at radius 1 is 1.41 bits per heavy atom. The number of furan rings is 1. The molecule has 0 atom stereocenters. The molecule has 1 N–H and O–H groups in total. The molecule has 1 aromatic heterocycles. The molecule has 17 heavy (non-hydrogen) atoms. The molecule has 1 amide bonds. The summed E-state index contributed by atoms with van der Waals surface area (Å²) in [6.07, 6.45) is 1.75. The highest BCUT2D eigenvalue weighted by Crippen LogP contribution is 2.15. The minimum absolute atomic E-state index is 0.0259. The van der Waals surface area contributed by atoms with Gasteiger partial charge in [0.05, 0.1) is 6.61 Å². The summed E-state index contributed by atoms with van der Waals surface area (Å²) in [5.74, 6) is 0.936. The normalized spacial score (nSPS) is 10.9. The van der Waals surface area contributed by atoms with Crippen molar-refractivity contribution in [2.75, 3.05) is 13.2 Å². The van der Waals surface area contributed by atoms with Gasteiger partial charge in [0.25, 0.3) is 5.91 Å². The van der Waals surface area contributed by atoms with Gasteiger partial charge in [-0.3, -0.25) is 4.79 Å². The van der Waals surface area contributed by atoms with Gasteiger partial charge >= 0.3 is 0 Å². The molecule has 1 rings (SSSR count). The lowest BCUT2D eigenvalue weighted by atomic mass is 10.1. The molecule has 4 heteroatoms. The van der Waals surface area contributed by atoms with Crippen LogP contribution in [0.5, 0.6) is 0 Å². The molecule has 0 bridgehead atoms.